The van der Waals surface area contributed by atoms with Crippen LogP contribution in [0.3, 0.4) is 0 Å². The number of carbonyl (C=O) groups is 1. The molecule has 0 spiro atoms. The van der Waals surface area contributed by atoms with Crippen molar-refractivity contribution in [2.75, 3.05) is 33.8 Å². The molecule has 0 amide bonds. The molecule has 0 radical (unpaired) electrons. The Balaban J connectivity index is 2.63. The van der Waals surface area contributed by atoms with Crippen LogP contribution in [0.25, 0.3) is 0 Å². The minimum Gasteiger partial charge on any atom is -0.465 e. The van der Waals surface area contributed by atoms with Crippen molar-refractivity contribution >= 4 is 5.97 Å². The average molecular weight is 242 g/mol. The van der Waals surface area contributed by atoms with Crippen molar-refractivity contribution < 1.29 is 9.53 Å². The molecular weight excluding hydrogens is 216 g/mol. The summed E-state index contributed by atoms with van der Waals surface area (Å²) in [7, 11) is 4.08. The lowest BCUT2D eigenvalue weighted by atomic mass is 9.88. The maximum atomic E-state index is 12.2. The number of hydrogen-bond donors (Lipinski definition) is 1. The summed E-state index contributed by atoms with van der Waals surface area (Å²) in [6.07, 6.45) is 3.11. The van der Waals surface area contributed by atoms with Gasteiger partial charge in [0.15, 0.2) is 0 Å². The highest BCUT2D eigenvalue weighted by atomic mass is 16.5. The van der Waals surface area contributed by atoms with Crippen molar-refractivity contribution in [3.05, 3.63) is 0 Å². The van der Waals surface area contributed by atoms with E-state index in [4.69, 9.17) is 4.74 Å². The first-order valence-electron chi connectivity index (χ1n) is 6.60. The van der Waals surface area contributed by atoms with E-state index in [0.717, 1.165) is 32.4 Å². The van der Waals surface area contributed by atoms with Crippen LogP contribution in [0.4, 0.5) is 0 Å². The molecule has 1 N–H and O–H groups in total. The van der Waals surface area contributed by atoms with Crippen LogP contribution in [0.5, 0.6) is 0 Å². The van der Waals surface area contributed by atoms with Crippen LogP contribution in [0.2, 0.25) is 0 Å². The highest BCUT2D eigenvalue weighted by Gasteiger charge is 2.47. The zero-order chi connectivity index (χ0) is 12.9. The van der Waals surface area contributed by atoms with Gasteiger partial charge in [-0.25, -0.2) is 0 Å². The van der Waals surface area contributed by atoms with Gasteiger partial charge in [0.25, 0.3) is 0 Å². The minimum absolute atomic E-state index is 0.0660. The number of nitrogens with zero attached hydrogens (tertiary/aromatic N) is 1. The predicted octanol–water partition coefficient (Wildman–Crippen LogP) is 1.26. The Bertz CT molecular complexity index is 256. The molecule has 0 saturated heterocycles. The summed E-state index contributed by atoms with van der Waals surface area (Å²) >= 11 is 0. The third kappa shape index (κ3) is 3.42. The minimum atomic E-state index is -0.438. The quantitative estimate of drug-likeness (QED) is 0.712. The number of rotatable bonds is 6. The second-order valence-corrected chi connectivity index (χ2v) is 5.22. The van der Waals surface area contributed by atoms with Gasteiger partial charge in [0, 0.05) is 13.1 Å². The molecule has 4 nitrogen and oxygen atoms in total. The first-order chi connectivity index (χ1) is 8.03. The van der Waals surface area contributed by atoms with Crippen LogP contribution >= 0.6 is 0 Å². The van der Waals surface area contributed by atoms with E-state index in [-0.39, 0.29) is 5.97 Å². The molecule has 2 atom stereocenters. The van der Waals surface area contributed by atoms with Gasteiger partial charge in [-0.15, -0.1) is 0 Å². The predicted molar refractivity (Wildman–Crippen MR) is 68.9 cm³/mol. The molecule has 2 unspecified atom stereocenters. The molecule has 0 aromatic rings. The molecule has 0 bridgehead atoms. The SMILES string of the molecule is CCOC(=O)C1(NCCN(C)C)CCCC1C. The first kappa shape index (κ1) is 14.5. The van der Waals surface area contributed by atoms with Crippen LogP contribution in [0.15, 0.2) is 0 Å². The van der Waals surface area contributed by atoms with Gasteiger partial charge in [-0.1, -0.05) is 13.3 Å². The smallest absolute Gasteiger partial charge is 0.326 e. The highest BCUT2D eigenvalue weighted by Crippen LogP contribution is 2.36. The van der Waals surface area contributed by atoms with Crippen LogP contribution < -0.4 is 5.32 Å². The number of hydrogen-bond acceptors (Lipinski definition) is 4. The maximum absolute atomic E-state index is 12.2. The topological polar surface area (TPSA) is 41.6 Å². The fraction of sp³-hybridized carbons (Fsp3) is 0.923. The molecule has 1 fully saturated rings. The summed E-state index contributed by atoms with van der Waals surface area (Å²) in [5.74, 6) is 0.299. The summed E-state index contributed by atoms with van der Waals surface area (Å²) in [5.41, 5.74) is -0.438. The Kier molecular flexibility index (Phi) is 5.40. The molecule has 1 aliphatic carbocycles. The largest absolute Gasteiger partial charge is 0.465 e. The van der Waals surface area contributed by atoms with Crippen molar-refractivity contribution in [3.63, 3.8) is 0 Å². The Labute approximate surface area is 105 Å². The molecule has 0 heterocycles. The van der Waals surface area contributed by atoms with Crippen LogP contribution in [-0.2, 0) is 9.53 Å². The molecular formula is C13H26N2O2. The first-order valence-corrected chi connectivity index (χ1v) is 6.60. The fourth-order valence-electron chi connectivity index (χ4n) is 2.58. The van der Waals surface area contributed by atoms with Crippen molar-refractivity contribution in [3.8, 4) is 0 Å². The molecule has 0 aromatic heterocycles. The zero-order valence-corrected chi connectivity index (χ0v) is 11.6. The summed E-state index contributed by atoms with van der Waals surface area (Å²) < 4.78 is 5.24. The van der Waals surface area contributed by atoms with Gasteiger partial charge in [0.1, 0.15) is 5.54 Å². The van der Waals surface area contributed by atoms with Crippen molar-refractivity contribution in [1.82, 2.24) is 10.2 Å². The van der Waals surface area contributed by atoms with E-state index in [2.05, 4.69) is 17.1 Å². The number of likely N-dealkylation sites (N-methyl/N-ethyl adjacent to an activating group) is 1. The summed E-state index contributed by atoms with van der Waals surface area (Å²) in [5, 5.41) is 3.44. The van der Waals surface area contributed by atoms with Gasteiger partial charge >= 0.3 is 5.97 Å². The molecule has 0 aromatic carbocycles. The van der Waals surface area contributed by atoms with Gasteiger partial charge < -0.3 is 15.0 Å². The number of ether oxygens (including phenoxy) is 1. The van der Waals surface area contributed by atoms with E-state index < -0.39 is 5.54 Å². The molecule has 1 aliphatic rings. The van der Waals surface area contributed by atoms with Crippen molar-refractivity contribution in [2.24, 2.45) is 5.92 Å². The number of carbonyl (C=O) groups excluding carboxylic acids is 1. The fourth-order valence-corrected chi connectivity index (χ4v) is 2.58. The van der Waals surface area contributed by atoms with E-state index in [9.17, 15) is 4.79 Å². The van der Waals surface area contributed by atoms with Crippen molar-refractivity contribution in [1.29, 1.82) is 0 Å². The summed E-state index contributed by atoms with van der Waals surface area (Å²) in [4.78, 5) is 14.3. The standard InChI is InChI=1S/C13H26N2O2/c1-5-17-12(16)13(8-6-7-11(13)2)14-9-10-15(3)4/h11,14H,5-10H2,1-4H3. The monoisotopic (exact) mass is 242 g/mol. The maximum Gasteiger partial charge on any atom is 0.326 e. The van der Waals surface area contributed by atoms with Crippen LogP contribution in [-0.4, -0.2) is 50.2 Å². The van der Waals surface area contributed by atoms with E-state index >= 15 is 0 Å². The van der Waals surface area contributed by atoms with E-state index in [0.29, 0.717) is 12.5 Å². The lowest BCUT2D eigenvalue weighted by Crippen LogP contribution is -2.56. The normalized spacial score (nSPS) is 28.6. The lowest BCUT2D eigenvalue weighted by molar-refractivity contribution is -0.152. The molecule has 0 aliphatic heterocycles. The van der Waals surface area contributed by atoms with Gasteiger partial charge in [-0.3, -0.25) is 4.79 Å². The Morgan fingerprint density at radius 3 is 2.71 bits per heavy atom. The molecule has 4 heteroatoms. The van der Waals surface area contributed by atoms with E-state index in [1.165, 1.54) is 0 Å². The lowest BCUT2D eigenvalue weighted by Gasteiger charge is -2.33. The number of esters is 1. The Hall–Kier alpha value is -0.610. The Morgan fingerprint density at radius 2 is 2.24 bits per heavy atom. The zero-order valence-electron chi connectivity index (χ0n) is 11.6. The van der Waals surface area contributed by atoms with E-state index in [1.807, 2.05) is 21.0 Å². The van der Waals surface area contributed by atoms with Crippen LogP contribution in [0, 0.1) is 5.92 Å². The molecule has 1 saturated carbocycles. The second kappa shape index (κ2) is 6.36. The molecule has 100 valence electrons. The average Bonchev–Trinajstić information content (AvgIpc) is 2.61. The number of nitrogens with one attached hydrogen (secondary N) is 1. The Morgan fingerprint density at radius 1 is 1.53 bits per heavy atom. The molecule has 17 heavy (non-hydrogen) atoms. The van der Waals surface area contributed by atoms with Gasteiger partial charge in [0.2, 0.25) is 0 Å². The van der Waals surface area contributed by atoms with Gasteiger partial charge in [-0.2, -0.15) is 0 Å². The summed E-state index contributed by atoms with van der Waals surface area (Å²) in [6, 6.07) is 0. The highest BCUT2D eigenvalue weighted by molar-refractivity contribution is 5.81. The summed E-state index contributed by atoms with van der Waals surface area (Å²) in [6.45, 7) is 6.24. The van der Waals surface area contributed by atoms with Crippen molar-refractivity contribution in [2.45, 2.75) is 38.6 Å². The van der Waals surface area contributed by atoms with E-state index in [1.54, 1.807) is 0 Å². The van der Waals surface area contributed by atoms with Gasteiger partial charge in [-0.05, 0) is 39.8 Å². The van der Waals surface area contributed by atoms with Gasteiger partial charge in [0.05, 0.1) is 6.61 Å². The molecule has 1 rings (SSSR count). The van der Waals surface area contributed by atoms with Crippen LogP contribution in [0.1, 0.15) is 33.1 Å². The second-order valence-electron chi connectivity index (χ2n) is 5.22. The third-order valence-electron chi connectivity index (χ3n) is 3.69. The third-order valence-corrected chi connectivity index (χ3v) is 3.69.